The van der Waals surface area contributed by atoms with Crippen LogP contribution in [0.25, 0.3) is 0 Å². The average molecular weight is 247 g/mol. The summed E-state index contributed by atoms with van der Waals surface area (Å²) < 4.78 is 16.2. The average Bonchev–Trinajstić information content (AvgIpc) is 2.85. The molecule has 0 saturated carbocycles. The molecule has 2 rings (SSSR count). The van der Waals surface area contributed by atoms with E-state index in [1.165, 1.54) is 0 Å². The molecule has 1 heterocycles. The van der Waals surface area contributed by atoms with Gasteiger partial charge in [-0.3, -0.25) is 0 Å². The topological polar surface area (TPSA) is 57.6 Å². The van der Waals surface area contributed by atoms with Crippen molar-refractivity contribution in [2.75, 3.05) is 7.11 Å². The Hall–Kier alpha value is -1.78. The summed E-state index contributed by atoms with van der Waals surface area (Å²) in [4.78, 5) is 0. The lowest BCUT2D eigenvalue weighted by Crippen LogP contribution is -1.96. The minimum absolute atomic E-state index is 0.399. The molecule has 0 aliphatic heterocycles. The number of nitrogens with two attached hydrogens (primary N) is 1. The van der Waals surface area contributed by atoms with Crippen LogP contribution in [0.1, 0.15) is 17.1 Å². The normalized spacial score (nSPS) is 10.6. The van der Waals surface area contributed by atoms with Gasteiger partial charge in [-0.05, 0) is 29.8 Å². The molecule has 0 saturated heterocycles. The summed E-state index contributed by atoms with van der Waals surface area (Å²) in [5, 5.41) is 0. The first-order valence-electron chi connectivity index (χ1n) is 5.80. The highest BCUT2D eigenvalue weighted by Gasteiger charge is 2.02. The van der Waals surface area contributed by atoms with E-state index in [0.717, 1.165) is 22.8 Å². The predicted molar refractivity (Wildman–Crippen MR) is 68.1 cm³/mol. The van der Waals surface area contributed by atoms with Crippen LogP contribution < -0.4 is 10.5 Å². The van der Waals surface area contributed by atoms with Crippen LogP contribution in [-0.2, 0) is 24.5 Å². The number of furan rings is 1. The van der Waals surface area contributed by atoms with E-state index < -0.39 is 0 Å². The minimum Gasteiger partial charge on any atom is -0.486 e. The van der Waals surface area contributed by atoms with Gasteiger partial charge in [0.25, 0.3) is 0 Å². The lowest BCUT2D eigenvalue weighted by molar-refractivity contribution is 0.184. The van der Waals surface area contributed by atoms with Crippen LogP contribution in [0, 0.1) is 0 Å². The summed E-state index contributed by atoms with van der Waals surface area (Å²) in [6.45, 7) is 1.38. The van der Waals surface area contributed by atoms with Crippen LogP contribution in [0.5, 0.6) is 5.75 Å². The van der Waals surface area contributed by atoms with Gasteiger partial charge in [-0.2, -0.15) is 0 Å². The second-order valence-electron chi connectivity index (χ2n) is 3.94. The van der Waals surface area contributed by atoms with Gasteiger partial charge in [-0.1, -0.05) is 12.1 Å². The van der Waals surface area contributed by atoms with E-state index in [-0.39, 0.29) is 0 Å². The maximum absolute atomic E-state index is 5.65. The molecule has 4 nitrogen and oxygen atoms in total. The van der Waals surface area contributed by atoms with E-state index in [0.29, 0.717) is 19.8 Å². The molecule has 4 heteroatoms. The minimum atomic E-state index is 0.399. The molecule has 0 unspecified atom stereocenters. The first-order chi connectivity index (χ1) is 8.81. The Kier molecular flexibility index (Phi) is 4.39. The molecule has 0 amide bonds. The number of ether oxygens (including phenoxy) is 2. The molecule has 0 fully saturated rings. The molecule has 0 aliphatic rings. The largest absolute Gasteiger partial charge is 0.486 e. The van der Waals surface area contributed by atoms with Crippen LogP contribution in [0.15, 0.2) is 40.8 Å². The summed E-state index contributed by atoms with van der Waals surface area (Å²) in [6.07, 6.45) is 0. The predicted octanol–water partition coefficient (Wildman–Crippen LogP) is 2.46. The fourth-order valence-corrected chi connectivity index (χ4v) is 1.66. The van der Waals surface area contributed by atoms with Crippen molar-refractivity contribution in [1.29, 1.82) is 0 Å². The van der Waals surface area contributed by atoms with Gasteiger partial charge in [0.05, 0.1) is 13.2 Å². The molecule has 1 aromatic heterocycles. The maximum atomic E-state index is 5.65. The molecule has 2 N–H and O–H groups in total. The standard InChI is InChI=1S/C14H17NO3/c1-16-9-11-3-2-4-12(7-11)17-10-14-6-5-13(8-15)18-14/h2-7H,8-10,15H2,1H3. The van der Waals surface area contributed by atoms with E-state index in [1.807, 2.05) is 36.4 Å². The summed E-state index contributed by atoms with van der Waals surface area (Å²) in [7, 11) is 1.67. The monoisotopic (exact) mass is 247 g/mol. The molecule has 0 bridgehead atoms. The van der Waals surface area contributed by atoms with Gasteiger partial charge in [0.1, 0.15) is 23.9 Å². The quantitative estimate of drug-likeness (QED) is 0.852. The molecule has 18 heavy (non-hydrogen) atoms. The van der Waals surface area contributed by atoms with Crippen molar-refractivity contribution < 1.29 is 13.9 Å². The SMILES string of the molecule is COCc1cccc(OCc2ccc(CN)o2)c1. The number of hydrogen-bond acceptors (Lipinski definition) is 4. The van der Waals surface area contributed by atoms with E-state index in [2.05, 4.69) is 0 Å². The molecule has 1 aromatic carbocycles. The number of methoxy groups -OCH3 is 1. The Morgan fingerprint density at radius 3 is 2.67 bits per heavy atom. The second-order valence-corrected chi connectivity index (χ2v) is 3.94. The number of hydrogen-bond donors (Lipinski definition) is 1. The third-order valence-corrected chi connectivity index (χ3v) is 2.51. The highest BCUT2D eigenvalue weighted by Crippen LogP contribution is 2.16. The Morgan fingerprint density at radius 1 is 1.11 bits per heavy atom. The first kappa shape index (κ1) is 12.7. The lowest BCUT2D eigenvalue weighted by Gasteiger charge is -2.06. The van der Waals surface area contributed by atoms with Gasteiger partial charge in [0.2, 0.25) is 0 Å². The van der Waals surface area contributed by atoms with Gasteiger partial charge in [-0.15, -0.1) is 0 Å². The molecule has 0 aliphatic carbocycles. The van der Waals surface area contributed by atoms with Crippen LogP contribution in [0.3, 0.4) is 0 Å². The zero-order valence-electron chi connectivity index (χ0n) is 10.4. The zero-order chi connectivity index (χ0) is 12.8. The van der Waals surface area contributed by atoms with Crippen molar-refractivity contribution in [3.63, 3.8) is 0 Å². The van der Waals surface area contributed by atoms with E-state index in [1.54, 1.807) is 7.11 Å². The fraction of sp³-hybridized carbons (Fsp3) is 0.286. The zero-order valence-corrected chi connectivity index (χ0v) is 10.4. The van der Waals surface area contributed by atoms with Gasteiger partial charge in [0.15, 0.2) is 0 Å². The van der Waals surface area contributed by atoms with Crippen molar-refractivity contribution in [3.05, 3.63) is 53.5 Å². The van der Waals surface area contributed by atoms with Crippen LogP contribution in [0.2, 0.25) is 0 Å². The van der Waals surface area contributed by atoms with Crippen LogP contribution in [0.4, 0.5) is 0 Å². The Morgan fingerprint density at radius 2 is 1.94 bits per heavy atom. The molecule has 0 atom stereocenters. The summed E-state index contributed by atoms with van der Waals surface area (Å²) in [5.74, 6) is 2.34. The third-order valence-electron chi connectivity index (χ3n) is 2.51. The molecule has 0 spiro atoms. The van der Waals surface area contributed by atoms with Gasteiger partial charge in [0, 0.05) is 7.11 Å². The molecule has 96 valence electrons. The highest BCUT2D eigenvalue weighted by atomic mass is 16.5. The van der Waals surface area contributed by atoms with Crippen molar-refractivity contribution >= 4 is 0 Å². The van der Waals surface area contributed by atoms with Crippen molar-refractivity contribution in [2.45, 2.75) is 19.8 Å². The fourth-order valence-electron chi connectivity index (χ4n) is 1.66. The van der Waals surface area contributed by atoms with Crippen molar-refractivity contribution in [2.24, 2.45) is 5.73 Å². The van der Waals surface area contributed by atoms with Gasteiger partial charge < -0.3 is 19.6 Å². The molecule has 2 aromatic rings. The summed E-state index contributed by atoms with van der Waals surface area (Å²) >= 11 is 0. The van der Waals surface area contributed by atoms with Gasteiger partial charge >= 0.3 is 0 Å². The second kappa shape index (κ2) is 6.23. The van der Waals surface area contributed by atoms with E-state index >= 15 is 0 Å². The van der Waals surface area contributed by atoms with Crippen molar-refractivity contribution in [1.82, 2.24) is 0 Å². The summed E-state index contributed by atoms with van der Waals surface area (Å²) in [6, 6.07) is 11.5. The molecular weight excluding hydrogens is 230 g/mol. The Bertz CT molecular complexity index is 493. The first-order valence-corrected chi connectivity index (χ1v) is 5.80. The van der Waals surface area contributed by atoms with E-state index in [4.69, 9.17) is 19.6 Å². The Balaban J connectivity index is 1.94. The molecule has 0 radical (unpaired) electrons. The molecular formula is C14H17NO3. The third kappa shape index (κ3) is 3.35. The van der Waals surface area contributed by atoms with Crippen LogP contribution in [-0.4, -0.2) is 7.11 Å². The van der Waals surface area contributed by atoms with Gasteiger partial charge in [-0.25, -0.2) is 0 Å². The number of rotatable bonds is 6. The highest BCUT2D eigenvalue weighted by molar-refractivity contribution is 5.28. The van der Waals surface area contributed by atoms with Crippen molar-refractivity contribution in [3.8, 4) is 5.75 Å². The number of benzene rings is 1. The maximum Gasteiger partial charge on any atom is 0.146 e. The Labute approximate surface area is 106 Å². The summed E-state index contributed by atoms with van der Waals surface area (Å²) in [5.41, 5.74) is 6.56. The van der Waals surface area contributed by atoms with Crippen LogP contribution >= 0.6 is 0 Å². The lowest BCUT2D eigenvalue weighted by atomic mass is 10.2. The smallest absolute Gasteiger partial charge is 0.146 e. The van der Waals surface area contributed by atoms with E-state index in [9.17, 15) is 0 Å².